The van der Waals surface area contributed by atoms with E-state index < -0.39 is 0 Å². The molecule has 1 rings (SSSR count). The molecule has 0 fully saturated rings. The third-order valence-corrected chi connectivity index (χ3v) is 1.88. The number of Topliss-reactive ketones (excluding diaryl/α,β-unsaturated/α-hetero) is 1. The fourth-order valence-corrected chi connectivity index (χ4v) is 1.09. The maximum atomic E-state index is 11.1. The van der Waals surface area contributed by atoms with Gasteiger partial charge in [0.2, 0.25) is 11.6 Å². The molecule has 0 saturated carbocycles. The van der Waals surface area contributed by atoms with E-state index in [1.54, 1.807) is 0 Å². The summed E-state index contributed by atoms with van der Waals surface area (Å²) in [6, 6.07) is 9.58. The Bertz CT molecular complexity index is 333. The molecule has 4 heteroatoms. The first-order valence-corrected chi connectivity index (χ1v) is 4.28. The summed E-state index contributed by atoms with van der Waals surface area (Å²) in [5.41, 5.74) is 6.19. The monoisotopic (exact) mass is 192 g/mol. The van der Waals surface area contributed by atoms with Gasteiger partial charge in [0.15, 0.2) is 0 Å². The molecular formula is C10H12N2O2. The first-order valence-electron chi connectivity index (χ1n) is 4.28. The second-order valence-electron chi connectivity index (χ2n) is 2.89. The van der Waals surface area contributed by atoms with E-state index in [1.165, 1.54) is 0 Å². The highest BCUT2D eigenvalue weighted by atomic mass is 16.4. The van der Waals surface area contributed by atoms with Crippen LogP contribution in [0.15, 0.2) is 35.5 Å². The fourth-order valence-electron chi connectivity index (χ4n) is 1.09. The van der Waals surface area contributed by atoms with Gasteiger partial charge in [0, 0.05) is 6.42 Å². The van der Waals surface area contributed by atoms with Gasteiger partial charge in [-0.15, -0.1) is 0 Å². The summed E-state index contributed by atoms with van der Waals surface area (Å²) in [6.07, 6.45) is 0.871. The Kier molecular flexibility index (Phi) is 3.67. The molecule has 0 aliphatic rings. The number of nitrogens with two attached hydrogens (primary N) is 1. The highest BCUT2D eigenvalue weighted by molar-refractivity contribution is 6.38. The fraction of sp³-hybridized carbons (Fsp3) is 0.200. The lowest BCUT2D eigenvalue weighted by Crippen LogP contribution is -2.23. The number of aryl methyl sites for hydroxylation is 1. The lowest BCUT2D eigenvalue weighted by Gasteiger charge is -1.99. The average Bonchev–Trinajstić information content (AvgIpc) is 2.26. The molecule has 0 aliphatic carbocycles. The minimum absolute atomic E-state index is 0.264. The van der Waals surface area contributed by atoms with Gasteiger partial charge in [0.25, 0.3) is 0 Å². The SMILES string of the molecule is N/C(=N\O)C(=O)CCc1ccccc1. The van der Waals surface area contributed by atoms with Crippen LogP contribution < -0.4 is 5.73 Å². The summed E-state index contributed by atoms with van der Waals surface area (Å²) in [7, 11) is 0. The number of rotatable bonds is 4. The Morgan fingerprint density at radius 1 is 1.36 bits per heavy atom. The predicted molar refractivity (Wildman–Crippen MR) is 53.2 cm³/mol. The van der Waals surface area contributed by atoms with Gasteiger partial charge < -0.3 is 10.9 Å². The van der Waals surface area contributed by atoms with E-state index in [9.17, 15) is 4.79 Å². The van der Waals surface area contributed by atoms with Gasteiger partial charge in [-0.3, -0.25) is 4.79 Å². The van der Waals surface area contributed by atoms with Crippen LogP contribution in [0.25, 0.3) is 0 Å². The van der Waals surface area contributed by atoms with Gasteiger partial charge in [-0.25, -0.2) is 0 Å². The topological polar surface area (TPSA) is 75.7 Å². The van der Waals surface area contributed by atoms with Crippen LogP contribution in [-0.2, 0) is 11.2 Å². The van der Waals surface area contributed by atoms with Crippen LogP contribution in [0.3, 0.4) is 0 Å². The highest BCUT2D eigenvalue weighted by Gasteiger charge is 2.07. The molecular weight excluding hydrogens is 180 g/mol. The first-order chi connectivity index (χ1) is 6.74. The maximum absolute atomic E-state index is 11.1. The van der Waals surface area contributed by atoms with Gasteiger partial charge in [-0.05, 0) is 12.0 Å². The zero-order valence-electron chi connectivity index (χ0n) is 7.68. The summed E-state index contributed by atoms with van der Waals surface area (Å²) < 4.78 is 0. The number of carbonyl (C=O) groups is 1. The van der Waals surface area contributed by atoms with Gasteiger partial charge in [-0.2, -0.15) is 0 Å². The zero-order valence-corrected chi connectivity index (χ0v) is 7.68. The van der Waals surface area contributed by atoms with E-state index in [0.29, 0.717) is 6.42 Å². The molecule has 0 aliphatic heterocycles. The van der Waals surface area contributed by atoms with Crippen molar-refractivity contribution in [2.75, 3.05) is 0 Å². The normalized spacial score (nSPS) is 11.3. The van der Waals surface area contributed by atoms with Gasteiger partial charge in [-0.1, -0.05) is 35.5 Å². The molecule has 1 aromatic carbocycles. The molecule has 3 N–H and O–H groups in total. The smallest absolute Gasteiger partial charge is 0.206 e. The summed E-state index contributed by atoms with van der Waals surface area (Å²) >= 11 is 0. The molecule has 0 atom stereocenters. The minimum Gasteiger partial charge on any atom is -0.409 e. The third-order valence-electron chi connectivity index (χ3n) is 1.88. The Morgan fingerprint density at radius 2 is 2.00 bits per heavy atom. The number of nitrogens with zero attached hydrogens (tertiary/aromatic N) is 1. The van der Waals surface area contributed by atoms with Crippen LogP contribution in [0.4, 0.5) is 0 Å². The second-order valence-corrected chi connectivity index (χ2v) is 2.89. The molecule has 0 heterocycles. The van der Waals surface area contributed by atoms with Crippen molar-refractivity contribution in [2.45, 2.75) is 12.8 Å². The number of hydrogen-bond donors (Lipinski definition) is 2. The molecule has 0 spiro atoms. The van der Waals surface area contributed by atoms with Crippen LogP contribution in [-0.4, -0.2) is 16.8 Å². The minimum atomic E-state index is -0.337. The third kappa shape index (κ3) is 2.90. The Hall–Kier alpha value is -1.84. The predicted octanol–water partition coefficient (Wildman–Crippen LogP) is 0.935. The molecule has 0 amide bonds. The Labute approximate surface area is 82.0 Å². The quantitative estimate of drug-likeness (QED) is 0.322. The van der Waals surface area contributed by atoms with E-state index in [4.69, 9.17) is 10.9 Å². The average molecular weight is 192 g/mol. The van der Waals surface area contributed by atoms with Crippen molar-refractivity contribution in [3.8, 4) is 0 Å². The number of ketones is 1. The van der Waals surface area contributed by atoms with E-state index in [1.807, 2.05) is 30.3 Å². The van der Waals surface area contributed by atoms with E-state index in [-0.39, 0.29) is 18.0 Å². The van der Waals surface area contributed by atoms with Crippen molar-refractivity contribution < 1.29 is 10.0 Å². The number of carbonyl (C=O) groups excluding carboxylic acids is 1. The first kappa shape index (κ1) is 10.2. The maximum Gasteiger partial charge on any atom is 0.206 e. The number of hydrogen-bond acceptors (Lipinski definition) is 3. The van der Waals surface area contributed by atoms with Gasteiger partial charge >= 0.3 is 0 Å². The molecule has 0 saturated heterocycles. The molecule has 14 heavy (non-hydrogen) atoms. The Balaban J connectivity index is 2.46. The zero-order chi connectivity index (χ0) is 10.4. The van der Waals surface area contributed by atoms with Gasteiger partial charge in [0.1, 0.15) is 0 Å². The van der Waals surface area contributed by atoms with Crippen molar-refractivity contribution in [3.05, 3.63) is 35.9 Å². The standard InChI is InChI=1S/C10H12N2O2/c11-10(12-14)9(13)7-6-8-4-2-1-3-5-8/h1-5,14H,6-7H2,(H2,11,12). The van der Waals surface area contributed by atoms with Gasteiger partial charge in [0.05, 0.1) is 0 Å². The molecule has 0 unspecified atom stereocenters. The highest BCUT2D eigenvalue weighted by Crippen LogP contribution is 2.02. The summed E-state index contributed by atoms with van der Waals surface area (Å²) in [4.78, 5) is 11.1. The van der Waals surface area contributed by atoms with Crippen molar-refractivity contribution in [1.29, 1.82) is 0 Å². The molecule has 4 nitrogen and oxygen atoms in total. The Morgan fingerprint density at radius 3 is 2.57 bits per heavy atom. The van der Waals surface area contributed by atoms with Crippen molar-refractivity contribution in [1.82, 2.24) is 0 Å². The van der Waals surface area contributed by atoms with Crippen LogP contribution in [0, 0.1) is 0 Å². The van der Waals surface area contributed by atoms with E-state index >= 15 is 0 Å². The van der Waals surface area contributed by atoms with Crippen LogP contribution >= 0.6 is 0 Å². The molecule has 0 aromatic heterocycles. The second kappa shape index (κ2) is 5.01. The summed E-state index contributed by atoms with van der Waals surface area (Å²) in [5.74, 6) is -0.669. The summed E-state index contributed by atoms with van der Waals surface area (Å²) in [6.45, 7) is 0. The van der Waals surface area contributed by atoms with Crippen molar-refractivity contribution in [2.24, 2.45) is 10.9 Å². The molecule has 0 bridgehead atoms. The van der Waals surface area contributed by atoms with Crippen LogP contribution in [0.5, 0.6) is 0 Å². The largest absolute Gasteiger partial charge is 0.409 e. The lowest BCUT2D eigenvalue weighted by atomic mass is 10.1. The van der Waals surface area contributed by atoms with E-state index in [2.05, 4.69) is 5.16 Å². The van der Waals surface area contributed by atoms with E-state index in [0.717, 1.165) is 5.56 Å². The van der Waals surface area contributed by atoms with Crippen molar-refractivity contribution >= 4 is 11.6 Å². The molecule has 74 valence electrons. The molecule has 1 aromatic rings. The van der Waals surface area contributed by atoms with Crippen LogP contribution in [0.2, 0.25) is 0 Å². The van der Waals surface area contributed by atoms with Crippen LogP contribution in [0.1, 0.15) is 12.0 Å². The lowest BCUT2D eigenvalue weighted by molar-refractivity contribution is -0.113. The van der Waals surface area contributed by atoms with Crippen molar-refractivity contribution in [3.63, 3.8) is 0 Å². The summed E-state index contributed by atoms with van der Waals surface area (Å²) in [5, 5.41) is 10.9. The number of oxime groups is 1. The number of benzene rings is 1. The molecule has 0 radical (unpaired) electrons. The number of amidine groups is 1.